The molecule has 0 saturated carbocycles. The Labute approximate surface area is 180 Å². The molecule has 0 spiro atoms. The zero-order chi connectivity index (χ0) is 21.6. The van der Waals surface area contributed by atoms with Gasteiger partial charge in [0.05, 0.1) is 0 Å². The highest BCUT2D eigenvalue weighted by molar-refractivity contribution is 6.32. The molecule has 1 heterocycles. The Kier molecular flexibility index (Phi) is 6.79. The topological polar surface area (TPSA) is 76.4 Å². The number of nitrogens with one attached hydrogen (secondary N) is 2. The molecular weight excluding hydrogens is 402 g/mol. The first-order chi connectivity index (χ1) is 14.3. The van der Waals surface area contributed by atoms with Crippen LogP contribution in [0.25, 0.3) is 6.08 Å². The van der Waals surface area contributed by atoms with Gasteiger partial charge in [0.15, 0.2) is 5.82 Å². The average Bonchev–Trinajstić information content (AvgIpc) is 3.16. The molecule has 0 bridgehead atoms. The summed E-state index contributed by atoms with van der Waals surface area (Å²) in [5.41, 5.74) is 1.39. The Hall–Kier alpha value is -3.25. The number of amides is 2. The van der Waals surface area contributed by atoms with Crippen LogP contribution in [0.4, 0.5) is 16.3 Å². The summed E-state index contributed by atoms with van der Waals surface area (Å²) in [5.74, 6) is 1.75. The molecule has 6 nitrogen and oxygen atoms in total. The van der Waals surface area contributed by atoms with E-state index in [9.17, 15) is 4.79 Å². The van der Waals surface area contributed by atoms with Crippen molar-refractivity contribution in [2.75, 3.05) is 17.2 Å². The lowest BCUT2D eigenvalue weighted by molar-refractivity contribution is 0.262. The summed E-state index contributed by atoms with van der Waals surface area (Å²) < 4.78 is 10.9. The maximum Gasteiger partial charge on any atom is 0.324 e. The van der Waals surface area contributed by atoms with Crippen molar-refractivity contribution in [3.05, 3.63) is 77.0 Å². The van der Waals surface area contributed by atoms with Crippen LogP contribution in [0.2, 0.25) is 5.02 Å². The largest absolute Gasteiger partial charge is 0.490 e. The Bertz CT molecular complexity index is 1020. The monoisotopic (exact) mass is 425 g/mol. The number of hydrogen-bond donors (Lipinski definition) is 2. The SMILES string of the molecule is CC(C)(C)c1cc(NC(=O)Nc2ccc(OCC=Cc3ccccc3Cl)cc2)no1. The van der Waals surface area contributed by atoms with Crippen LogP contribution >= 0.6 is 11.6 Å². The van der Waals surface area contributed by atoms with Gasteiger partial charge < -0.3 is 14.6 Å². The number of ether oxygens (including phenoxy) is 1. The number of hydrogen-bond acceptors (Lipinski definition) is 4. The van der Waals surface area contributed by atoms with E-state index in [4.69, 9.17) is 20.9 Å². The van der Waals surface area contributed by atoms with Gasteiger partial charge in [-0.2, -0.15) is 0 Å². The van der Waals surface area contributed by atoms with Gasteiger partial charge >= 0.3 is 6.03 Å². The van der Waals surface area contributed by atoms with Crippen molar-refractivity contribution in [3.8, 4) is 5.75 Å². The van der Waals surface area contributed by atoms with Crippen LogP contribution in [0.5, 0.6) is 5.75 Å². The molecule has 0 saturated heterocycles. The van der Waals surface area contributed by atoms with Gasteiger partial charge in [-0.25, -0.2) is 4.79 Å². The lowest BCUT2D eigenvalue weighted by Crippen LogP contribution is -2.19. The Morgan fingerprint density at radius 3 is 2.53 bits per heavy atom. The Morgan fingerprint density at radius 2 is 1.87 bits per heavy atom. The summed E-state index contributed by atoms with van der Waals surface area (Å²) >= 11 is 6.11. The number of urea groups is 1. The van der Waals surface area contributed by atoms with Gasteiger partial charge in [0.2, 0.25) is 0 Å². The predicted molar refractivity (Wildman–Crippen MR) is 120 cm³/mol. The average molecular weight is 426 g/mol. The Balaban J connectivity index is 1.47. The van der Waals surface area contributed by atoms with E-state index >= 15 is 0 Å². The quantitative estimate of drug-likeness (QED) is 0.481. The van der Waals surface area contributed by atoms with Crippen molar-refractivity contribution >= 4 is 35.2 Å². The normalized spacial score (nSPS) is 11.5. The number of carbonyl (C=O) groups is 1. The third-order valence-corrected chi connectivity index (χ3v) is 4.50. The van der Waals surface area contributed by atoms with Crippen molar-refractivity contribution in [3.63, 3.8) is 0 Å². The summed E-state index contributed by atoms with van der Waals surface area (Å²) in [4.78, 5) is 12.1. The summed E-state index contributed by atoms with van der Waals surface area (Å²) in [6.07, 6.45) is 3.81. The second-order valence-corrected chi connectivity index (χ2v) is 8.07. The summed E-state index contributed by atoms with van der Waals surface area (Å²) in [6, 6.07) is 16.0. The number of nitrogens with zero attached hydrogens (tertiary/aromatic N) is 1. The maximum absolute atomic E-state index is 12.1. The lowest BCUT2D eigenvalue weighted by atomic mass is 9.93. The number of halogens is 1. The maximum atomic E-state index is 12.1. The van der Waals surface area contributed by atoms with Crippen LogP contribution in [0.3, 0.4) is 0 Å². The van der Waals surface area contributed by atoms with E-state index in [0.29, 0.717) is 34.6 Å². The van der Waals surface area contributed by atoms with Crippen molar-refractivity contribution in [2.45, 2.75) is 26.2 Å². The zero-order valence-corrected chi connectivity index (χ0v) is 17.9. The van der Waals surface area contributed by atoms with E-state index in [-0.39, 0.29) is 5.41 Å². The van der Waals surface area contributed by atoms with Crippen molar-refractivity contribution in [2.24, 2.45) is 0 Å². The van der Waals surface area contributed by atoms with Crippen molar-refractivity contribution in [1.82, 2.24) is 5.16 Å². The van der Waals surface area contributed by atoms with Gasteiger partial charge in [-0.3, -0.25) is 5.32 Å². The molecule has 0 aliphatic rings. The summed E-state index contributed by atoms with van der Waals surface area (Å²) in [5, 5.41) is 9.96. The van der Waals surface area contributed by atoms with Gasteiger partial charge in [-0.05, 0) is 42.0 Å². The van der Waals surface area contributed by atoms with Gasteiger partial charge in [0.1, 0.15) is 18.1 Å². The molecule has 0 aliphatic carbocycles. The predicted octanol–water partition coefficient (Wildman–Crippen LogP) is 6.36. The van der Waals surface area contributed by atoms with E-state index in [1.165, 1.54) is 0 Å². The number of anilines is 2. The highest BCUT2D eigenvalue weighted by Gasteiger charge is 2.20. The van der Waals surface area contributed by atoms with E-state index < -0.39 is 6.03 Å². The molecule has 2 amide bonds. The fourth-order valence-electron chi connectivity index (χ4n) is 2.53. The molecule has 3 aromatic rings. The van der Waals surface area contributed by atoms with E-state index in [2.05, 4.69) is 15.8 Å². The van der Waals surface area contributed by atoms with Crippen LogP contribution in [-0.2, 0) is 5.41 Å². The van der Waals surface area contributed by atoms with Gasteiger partial charge in [0, 0.05) is 22.2 Å². The molecule has 30 heavy (non-hydrogen) atoms. The van der Waals surface area contributed by atoms with E-state index in [1.807, 2.05) is 57.2 Å². The molecule has 7 heteroatoms. The highest BCUT2D eigenvalue weighted by atomic mass is 35.5. The minimum Gasteiger partial charge on any atom is -0.490 e. The van der Waals surface area contributed by atoms with Crippen molar-refractivity contribution < 1.29 is 14.1 Å². The molecule has 3 rings (SSSR count). The second-order valence-electron chi connectivity index (χ2n) is 7.66. The molecule has 0 fully saturated rings. The van der Waals surface area contributed by atoms with Crippen molar-refractivity contribution in [1.29, 1.82) is 0 Å². The Morgan fingerprint density at radius 1 is 1.13 bits per heavy atom. The van der Waals surface area contributed by atoms with Crippen LogP contribution in [0, 0.1) is 0 Å². The third-order valence-electron chi connectivity index (χ3n) is 4.15. The number of benzene rings is 2. The molecule has 2 N–H and O–H groups in total. The minimum absolute atomic E-state index is 0.179. The van der Waals surface area contributed by atoms with Crippen LogP contribution in [0.15, 0.2) is 65.2 Å². The molecule has 2 aromatic carbocycles. The number of rotatable bonds is 6. The first kappa shape index (κ1) is 21.5. The number of aromatic nitrogens is 1. The molecular formula is C23H24ClN3O3. The fraction of sp³-hybridized carbons (Fsp3) is 0.217. The molecule has 0 aliphatic heterocycles. The van der Waals surface area contributed by atoms with Gasteiger partial charge in [0.25, 0.3) is 0 Å². The fourth-order valence-corrected chi connectivity index (χ4v) is 2.73. The van der Waals surface area contributed by atoms with Crippen LogP contribution in [0.1, 0.15) is 32.1 Å². The third kappa shape index (κ3) is 6.12. The minimum atomic E-state index is -0.403. The zero-order valence-electron chi connectivity index (χ0n) is 17.1. The highest BCUT2D eigenvalue weighted by Crippen LogP contribution is 2.24. The van der Waals surface area contributed by atoms with Crippen LogP contribution in [-0.4, -0.2) is 17.8 Å². The molecule has 0 atom stereocenters. The summed E-state index contributed by atoms with van der Waals surface area (Å²) in [6.45, 7) is 6.43. The van der Waals surface area contributed by atoms with Gasteiger partial charge in [-0.1, -0.05) is 61.8 Å². The van der Waals surface area contributed by atoms with E-state index in [0.717, 1.165) is 5.56 Å². The first-order valence-electron chi connectivity index (χ1n) is 9.50. The lowest BCUT2D eigenvalue weighted by Gasteiger charge is -2.12. The van der Waals surface area contributed by atoms with Gasteiger partial charge in [-0.15, -0.1) is 0 Å². The summed E-state index contributed by atoms with van der Waals surface area (Å²) in [7, 11) is 0. The second kappa shape index (κ2) is 9.50. The molecule has 0 radical (unpaired) electrons. The number of carbonyl (C=O) groups excluding carboxylic acids is 1. The molecule has 156 valence electrons. The standard InChI is InChI=1S/C23H24ClN3O3/c1-23(2,3)20-15-21(27-30-20)26-22(28)25-17-10-12-18(13-11-17)29-14-6-8-16-7-4-5-9-19(16)24/h4-13,15H,14H2,1-3H3,(H2,25,26,27,28). The molecule has 1 aromatic heterocycles. The smallest absolute Gasteiger partial charge is 0.324 e. The molecule has 0 unspecified atom stereocenters. The van der Waals surface area contributed by atoms with Crippen LogP contribution < -0.4 is 15.4 Å². The first-order valence-corrected chi connectivity index (χ1v) is 9.88. The van der Waals surface area contributed by atoms with E-state index in [1.54, 1.807) is 30.3 Å².